The fourth-order valence-electron chi connectivity index (χ4n) is 3.58. The number of nitrogens with one attached hydrogen (secondary N) is 1. The van der Waals surface area contributed by atoms with Crippen LogP contribution < -0.4 is 5.32 Å². The summed E-state index contributed by atoms with van der Waals surface area (Å²) in [5.41, 5.74) is 0.0540. The van der Waals surface area contributed by atoms with E-state index in [2.05, 4.69) is 25.6 Å². The number of aromatic nitrogens is 4. The van der Waals surface area contributed by atoms with Gasteiger partial charge in [-0.25, -0.2) is 0 Å². The molecule has 20 heavy (non-hydrogen) atoms. The molecule has 7 heteroatoms. The first-order valence-corrected chi connectivity index (χ1v) is 7.09. The number of aryl methyl sites for hydroxylation is 1. The first kappa shape index (κ1) is 12.0. The van der Waals surface area contributed by atoms with Crippen molar-refractivity contribution in [3.8, 4) is 0 Å². The van der Waals surface area contributed by atoms with E-state index in [-0.39, 0.29) is 5.41 Å². The zero-order chi connectivity index (χ0) is 13.6. The molecule has 3 heterocycles. The Morgan fingerprint density at radius 3 is 2.95 bits per heavy atom. The Kier molecular flexibility index (Phi) is 2.63. The van der Waals surface area contributed by atoms with Gasteiger partial charge in [0, 0.05) is 13.5 Å². The molecule has 1 saturated carbocycles. The van der Waals surface area contributed by atoms with Crippen LogP contribution in [0.2, 0.25) is 0 Å². The van der Waals surface area contributed by atoms with Crippen LogP contribution in [0.5, 0.6) is 0 Å². The SMILES string of the molecule is Cc1nc(Cc2noc([C@@]34CCC[C@@H]3CNC4)n2)no1. The summed E-state index contributed by atoms with van der Waals surface area (Å²) in [7, 11) is 0. The lowest BCUT2D eigenvalue weighted by molar-refractivity contribution is 0.264. The van der Waals surface area contributed by atoms with Crippen molar-refractivity contribution in [1.29, 1.82) is 0 Å². The molecule has 0 amide bonds. The van der Waals surface area contributed by atoms with Gasteiger partial charge in [-0.15, -0.1) is 0 Å². The van der Waals surface area contributed by atoms with Gasteiger partial charge < -0.3 is 14.4 Å². The van der Waals surface area contributed by atoms with Crippen molar-refractivity contribution in [2.24, 2.45) is 5.92 Å². The molecule has 2 aromatic rings. The van der Waals surface area contributed by atoms with Gasteiger partial charge in [0.2, 0.25) is 11.8 Å². The molecule has 2 aromatic heterocycles. The molecule has 0 radical (unpaired) electrons. The van der Waals surface area contributed by atoms with Crippen LogP contribution in [0.4, 0.5) is 0 Å². The quantitative estimate of drug-likeness (QED) is 0.893. The van der Waals surface area contributed by atoms with E-state index in [4.69, 9.17) is 9.05 Å². The average molecular weight is 275 g/mol. The van der Waals surface area contributed by atoms with Gasteiger partial charge in [0.25, 0.3) is 0 Å². The highest BCUT2D eigenvalue weighted by atomic mass is 16.5. The Hall–Kier alpha value is -1.76. The van der Waals surface area contributed by atoms with E-state index in [1.54, 1.807) is 6.92 Å². The standard InChI is InChI=1S/C13H17N5O2/c1-8-15-10(17-19-8)5-11-16-12(20-18-11)13-4-2-3-9(13)6-14-7-13/h9,14H,2-7H2,1H3/t9-,13-/m1/s1. The normalized spacial score (nSPS) is 28.9. The maximum Gasteiger partial charge on any atom is 0.234 e. The summed E-state index contributed by atoms with van der Waals surface area (Å²) in [6, 6.07) is 0. The van der Waals surface area contributed by atoms with Crippen molar-refractivity contribution in [3.05, 3.63) is 23.4 Å². The number of fused-ring (bicyclic) bond motifs is 1. The molecule has 2 aliphatic rings. The van der Waals surface area contributed by atoms with E-state index in [1.165, 1.54) is 12.8 Å². The summed E-state index contributed by atoms with van der Waals surface area (Å²) in [4.78, 5) is 8.76. The van der Waals surface area contributed by atoms with Crippen LogP contribution in [0.15, 0.2) is 9.05 Å². The third-order valence-electron chi connectivity index (χ3n) is 4.57. The highest BCUT2D eigenvalue weighted by molar-refractivity contribution is 5.17. The van der Waals surface area contributed by atoms with Gasteiger partial charge in [-0.2, -0.15) is 9.97 Å². The van der Waals surface area contributed by atoms with Crippen molar-refractivity contribution < 1.29 is 9.05 Å². The van der Waals surface area contributed by atoms with Crippen LogP contribution >= 0.6 is 0 Å². The Morgan fingerprint density at radius 2 is 2.10 bits per heavy atom. The predicted octanol–water partition coefficient (Wildman–Crippen LogP) is 0.993. The topological polar surface area (TPSA) is 89.9 Å². The van der Waals surface area contributed by atoms with Crippen molar-refractivity contribution in [1.82, 2.24) is 25.6 Å². The van der Waals surface area contributed by atoms with Crippen LogP contribution in [0.1, 0.15) is 42.7 Å². The van der Waals surface area contributed by atoms with Gasteiger partial charge in [-0.1, -0.05) is 16.7 Å². The Bertz CT molecular complexity index is 610. The Morgan fingerprint density at radius 1 is 1.25 bits per heavy atom. The molecule has 106 valence electrons. The lowest BCUT2D eigenvalue weighted by atomic mass is 9.80. The predicted molar refractivity (Wildman–Crippen MR) is 68.0 cm³/mol. The van der Waals surface area contributed by atoms with E-state index < -0.39 is 0 Å². The third-order valence-corrected chi connectivity index (χ3v) is 4.57. The van der Waals surface area contributed by atoms with Gasteiger partial charge in [0.05, 0.1) is 11.8 Å². The largest absolute Gasteiger partial charge is 0.340 e. The van der Waals surface area contributed by atoms with E-state index in [1.807, 2.05) is 0 Å². The molecule has 0 spiro atoms. The number of hydrogen-bond acceptors (Lipinski definition) is 7. The fourth-order valence-corrected chi connectivity index (χ4v) is 3.58. The molecular formula is C13H17N5O2. The molecule has 0 bridgehead atoms. The van der Waals surface area contributed by atoms with Gasteiger partial charge in [-0.3, -0.25) is 0 Å². The maximum atomic E-state index is 5.54. The Labute approximate surface area is 116 Å². The highest BCUT2D eigenvalue weighted by Gasteiger charge is 2.51. The van der Waals surface area contributed by atoms with Crippen LogP contribution in [-0.2, 0) is 11.8 Å². The maximum absolute atomic E-state index is 5.54. The zero-order valence-corrected chi connectivity index (χ0v) is 11.4. The first-order chi connectivity index (χ1) is 9.76. The van der Waals surface area contributed by atoms with E-state index >= 15 is 0 Å². The molecule has 2 atom stereocenters. The molecule has 1 N–H and O–H groups in total. The molecule has 4 rings (SSSR count). The first-order valence-electron chi connectivity index (χ1n) is 7.09. The second kappa shape index (κ2) is 4.37. The van der Waals surface area contributed by atoms with E-state index in [0.717, 1.165) is 25.4 Å². The second-order valence-corrected chi connectivity index (χ2v) is 5.80. The highest BCUT2D eigenvalue weighted by Crippen LogP contribution is 2.47. The fraction of sp³-hybridized carbons (Fsp3) is 0.692. The van der Waals surface area contributed by atoms with Crippen molar-refractivity contribution in [2.45, 2.75) is 38.0 Å². The molecule has 2 fully saturated rings. The molecule has 0 unspecified atom stereocenters. The summed E-state index contributed by atoms with van der Waals surface area (Å²) >= 11 is 0. The second-order valence-electron chi connectivity index (χ2n) is 5.80. The molecule has 1 aliphatic heterocycles. The van der Waals surface area contributed by atoms with Crippen LogP contribution in [-0.4, -0.2) is 33.4 Å². The van der Waals surface area contributed by atoms with Crippen LogP contribution in [0, 0.1) is 12.8 Å². The van der Waals surface area contributed by atoms with Gasteiger partial charge in [0.1, 0.15) is 0 Å². The summed E-state index contributed by atoms with van der Waals surface area (Å²) in [6.45, 7) is 3.77. The summed E-state index contributed by atoms with van der Waals surface area (Å²) in [5, 5.41) is 11.4. The number of nitrogens with zero attached hydrogens (tertiary/aromatic N) is 4. The molecule has 1 aliphatic carbocycles. The van der Waals surface area contributed by atoms with Crippen molar-refractivity contribution in [3.63, 3.8) is 0 Å². The average Bonchev–Trinajstić information content (AvgIpc) is 3.12. The number of hydrogen-bond donors (Lipinski definition) is 1. The molecule has 1 saturated heterocycles. The minimum Gasteiger partial charge on any atom is -0.340 e. The molecular weight excluding hydrogens is 258 g/mol. The number of rotatable bonds is 3. The zero-order valence-electron chi connectivity index (χ0n) is 11.4. The molecule has 7 nitrogen and oxygen atoms in total. The van der Waals surface area contributed by atoms with Gasteiger partial charge in [0.15, 0.2) is 11.6 Å². The summed E-state index contributed by atoms with van der Waals surface area (Å²) < 4.78 is 10.5. The van der Waals surface area contributed by atoms with Crippen molar-refractivity contribution in [2.75, 3.05) is 13.1 Å². The minimum atomic E-state index is 0.0540. The van der Waals surface area contributed by atoms with Crippen LogP contribution in [0.25, 0.3) is 0 Å². The minimum absolute atomic E-state index is 0.0540. The Balaban J connectivity index is 1.59. The monoisotopic (exact) mass is 275 g/mol. The third kappa shape index (κ3) is 1.76. The lowest BCUT2D eigenvalue weighted by Gasteiger charge is -2.22. The van der Waals surface area contributed by atoms with E-state index in [0.29, 0.717) is 29.9 Å². The van der Waals surface area contributed by atoms with E-state index in [9.17, 15) is 0 Å². The van der Waals surface area contributed by atoms with Gasteiger partial charge >= 0.3 is 0 Å². The summed E-state index contributed by atoms with van der Waals surface area (Å²) in [5.74, 6) is 3.19. The summed E-state index contributed by atoms with van der Waals surface area (Å²) in [6.07, 6.45) is 4.07. The smallest absolute Gasteiger partial charge is 0.234 e. The van der Waals surface area contributed by atoms with Gasteiger partial charge in [-0.05, 0) is 25.3 Å². The molecule has 0 aromatic carbocycles. The van der Waals surface area contributed by atoms with Crippen molar-refractivity contribution >= 4 is 0 Å². The lowest BCUT2D eigenvalue weighted by Crippen LogP contribution is -2.31. The van der Waals surface area contributed by atoms with Crippen LogP contribution in [0.3, 0.4) is 0 Å².